The van der Waals surface area contributed by atoms with Crippen LogP contribution >= 0.6 is 11.3 Å². The van der Waals surface area contributed by atoms with E-state index in [1.807, 2.05) is 11.4 Å². The van der Waals surface area contributed by atoms with E-state index in [1.165, 1.54) is 29.7 Å². The standard InChI is InChI=1S/C21H23N5OS/c1-14-7-6-10-16(15-8-4-3-5-9-15)25(14)13-18-22-23-21-24(2)20(27)19-17(26(18)21)11-12-28-19/h3-5,8-9,11-12,14,16H,6-7,10,13H2,1-2H3. The summed E-state index contributed by atoms with van der Waals surface area (Å²) in [5, 5.41) is 10.8. The van der Waals surface area contributed by atoms with Crippen LogP contribution < -0.4 is 5.56 Å². The van der Waals surface area contributed by atoms with E-state index in [-0.39, 0.29) is 5.56 Å². The highest BCUT2D eigenvalue weighted by Crippen LogP contribution is 2.35. The molecule has 3 aromatic heterocycles. The molecule has 1 saturated heterocycles. The van der Waals surface area contributed by atoms with Crippen LogP contribution in [-0.4, -0.2) is 30.1 Å². The number of benzene rings is 1. The molecule has 0 aliphatic carbocycles. The third-order valence-electron chi connectivity index (χ3n) is 5.97. The highest BCUT2D eigenvalue weighted by molar-refractivity contribution is 7.17. The zero-order valence-electron chi connectivity index (χ0n) is 16.1. The van der Waals surface area contributed by atoms with Gasteiger partial charge in [-0.15, -0.1) is 21.5 Å². The first-order valence-corrected chi connectivity index (χ1v) is 10.6. The van der Waals surface area contributed by atoms with E-state index in [0.29, 0.717) is 24.4 Å². The second kappa shape index (κ2) is 6.83. The van der Waals surface area contributed by atoms with E-state index in [1.54, 1.807) is 11.6 Å². The molecule has 5 rings (SSSR count). The Morgan fingerprint density at radius 1 is 1.14 bits per heavy atom. The molecule has 2 atom stereocenters. The molecule has 2 unspecified atom stereocenters. The van der Waals surface area contributed by atoms with Crippen LogP contribution in [0.25, 0.3) is 16.0 Å². The fourth-order valence-corrected chi connectivity index (χ4v) is 5.31. The maximum absolute atomic E-state index is 12.6. The Morgan fingerprint density at radius 2 is 1.96 bits per heavy atom. The zero-order chi connectivity index (χ0) is 19.3. The molecule has 4 aromatic rings. The van der Waals surface area contributed by atoms with Crippen LogP contribution in [0.1, 0.15) is 43.6 Å². The van der Waals surface area contributed by atoms with Gasteiger partial charge in [-0.25, -0.2) is 0 Å². The first-order chi connectivity index (χ1) is 13.6. The number of rotatable bonds is 3. The molecule has 1 fully saturated rings. The lowest BCUT2D eigenvalue weighted by atomic mass is 9.91. The molecule has 0 bridgehead atoms. The minimum atomic E-state index is -0.00930. The minimum absolute atomic E-state index is 0.00930. The average molecular weight is 394 g/mol. The van der Waals surface area contributed by atoms with Gasteiger partial charge in [0.15, 0.2) is 5.82 Å². The van der Waals surface area contributed by atoms with Gasteiger partial charge in [-0.1, -0.05) is 36.8 Å². The fourth-order valence-electron chi connectivity index (χ4n) is 4.46. The van der Waals surface area contributed by atoms with Crippen molar-refractivity contribution in [3.05, 3.63) is 63.5 Å². The van der Waals surface area contributed by atoms with E-state index < -0.39 is 0 Å². The molecule has 1 aromatic carbocycles. The number of piperidine rings is 1. The molecule has 1 aliphatic rings. The van der Waals surface area contributed by atoms with Crippen molar-refractivity contribution in [3.63, 3.8) is 0 Å². The Bertz CT molecular complexity index is 1190. The molecular weight excluding hydrogens is 370 g/mol. The Kier molecular flexibility index (Phi) is 4.29. The van der Waals surface area contributed by atoms with E-state index in [9.17, 15) is 4.79 Å². The SMILES string of the molecule is CC1CCCC(c2ccccc2)N1Cc1nnc2n(C)c(=O)c3sccc3n12. The summed E-state index contributed by atoms with van der Waals surface area (Å²) in [6.07, 6.45) is 3.57. The van der Waals surface area contributed by atoms with Crippen molar-refractivity contribution < 1.29 is 0 Å². The molecule has 1 aliphatic heterocycles. The van der Waals surface area contributed by atoms with Crippen LogP contribution in [0.5, 0.6) is 0 Å². The Labute approximate surface area is 167 Å². The van der Waals surface area contributed by atoms with Crippen molar-refractivity contribution in [3.8, 4) is 0 Å². The monoisotopic (exact) mass is 393 g/mol. The summed E-state index contributed by atoms with van der Waals surface area (Å²) in [5.41, 5.74) is 2.25. The number of thiophene rings is 1. The predicted octanol–water partition coefficient (Wildman–Crippen LogP) is 3.76. The van der Waals surface area contributed by atoms with Crippen LogP contribution in [0, 0.1) is 0 Å². The van der Waals surface area contributed by atoms with Gasteiger partial charge in [-0.2, -0.15) is 0 Å². The maximum Gasteiger partial charge on any atom is 0.272 e. The molecule has 7 heteroatoms. The first kappa shape index (κ1) is 17.6. The molecule has 0 amide bonds. The Morgan fingerprint density at radius 3 is 2.79 bits per heavy atom. The van der Waals surface area contributed by atoms with E-state index in [2.05, 4.69) is 56.8 Å². The number of aromatic nitrogens is 4. The zero-order valence-corrected chi connectivity index (χ0v) is 16.9. The predicted molar refractivity (Wildman–Crippen MR) is 112 cm³/mol. The second-order valence-electron chi connectivity index (χ2n) is 7.63. The molecule has 144 valence electrons. The molecule has 0 N–H and O–H groups in total. The normalized spacial score (nSPS) is 20.9. The molecule has 0 radical (unpaired) electrons. The van der Waals surface area contributed by atoms with Crippen LogP contribution in [-0.2, 0) is 13.6 Å². The average Bonchev–Trinajstić information content (AvgIpc) is 3.35. The quantitative estimate of drug-likeness (QED) is 0.532. The van der Waals surface area contributed by atoms with Gasteiger partial charge in [-0.3, -0.25) is 18.7 Å². The summed E-state index contributed by atoms with van der Waals surface area (Å²) in [4.78, 5) is 15.1. The lowest BCUT2D eigenvalue weighted by Crippen LogP contribution is -2.40. The van der Waals surface area contributed by atoms with Crippen molar-refractivity contribution in [2.45, 2.75) is 44.8 Å². The summed E-state index contributed by atoms with van der Waals surface area (Å²) >= 11 is 1.48. The van der Waals surface area contributed by atoms with E-state index in [4.69, 9.17) is 0 Å². The number of hydrogen-bond acceptors (Lipinski definition) is 5. The van der Waals surface area contributed by atoms with Crippen molar-refractivity contribution in [1.82, 2.24) is 24.1 Å². The van der Waals surface area contributed by atoms with Crippen molar-refractivity contribution in [2.75, 3.05) is 0 Å². The van der Waals surface area contributed by atoms with Crippen LogP contribution in [0.4, 0.5) is 0 Å². The van der Waals surface area contributed by atoms with Gasteiger partial charge in [0.1, 0.15) is 4.70 Å². The third kappa shape index (κ3) is 2.69. The number of aryl methyl sites for hydroxylation is 1. The summed E-state index contributed by atoms with van der Waals surface area (Å²) in [6.45, 7) is 3.01. The topological polar surface area (TPSA) is 55.4 Å². The molecule has 0 spiro atoms. The number of fused-ring (bicyclic) bond motifs is 3. The van der Waals surface area contributed by atoms with Gasteiger partial charge < -0.3 is 0 Å². The van der Waals surface area contributed by atoms with E-state index in [0.717, 1.165) is 22.5 Å². The molecular formula is C21H23N5OS. The van der Waals surface area contributed by atoms with Crippen LogP contribution in [0.2, 0.25) is 0 Å². The van der Waals surface area contributed by atoms with Gasteiger partial charge in [0.05, 0.1) is 12.1 Å². The minimum Gasteiger partial charge on any atom is -0.286 e. The lowest BCUT2D eigenvalue weighted by molar-refractivity contribution is 0.0811. The largest absolute Gasteiger partial charge is 0.286 e. The summed E-state index contributed by atoms with van der Waals surface area (Å²) in [6, 6.07) is 13.6. The van der Waals surface area contributed by atoms with Gasteiger partial charge >= 0.3 is 0 Å². The summed E-state index contributed by atoms with van der Waals surface area (Å²) < 4.78 is 4.41. The van der Waals surface area contributed by atoms with Crippen molar-refractivity contribution >= 4 is 27.3 Å². The molecule has 4 heterocycles. The van der Waals surface area contributed by atoms with Crippen molar-refractivity contribution in [2.24, 2.45) is 7.05 Å². The molecule has 6 nitrogen and oxygen atoms in total. The first-order valence-electron chi connectivity index (χ1n) is 9.76. The summed E-state index contributed by atoms with van der Waals surface area (Å²) in [7, 11) is 1.77. The highest BCUT2D eigenvalue weighted by atomic mass is 32.1. The molecule has 0 saturated carbocycles. The number of hydrogen-bond donors (Lipinski definition) is 0. The van der Waals surface area contributed by atoms with Gasteiger partial charge in [0, 0.05) is 19.1 Å². The van der Waals surface area contributed by atoms with Gasteiger partial charge in [-0.05, 0) is 36.8 Å². The smallest absolute Gasteiger partial charge is 0.272 e. The van der Waals surface area contributed by atoms with Crippen LogP contribution in [0.3, 0.4) is 0 Å². The second-order valence-corrected chi connectivity index (χ2v) is 8.55. The third-order valence-corrected chi connectivity index (χ3v) is 6.86. The lowest BCUT2D eigenvalue weighted by Gasteiger charge is -2.40. The van der Waals surface area contributed by atoms with Crippen LogP contribution in [0.15, 0.2) is 46.6 Å². The Balaban J connectivity index is 1.61. The number of nitrogens with zero attached hydrogens (tertiary/aromatic N) is 5. The van der Waals surface area contributed by atoms with Crippen molar-refractivity contribution in [1.29, 1.82) is 0 Å². The van der Waals surface area contributed by atoms with Gasteiger partial charge in [0.2, 0.25) is 5.78 Å². The highest BCUT2D eigenvalue weighted by Gasteiger charge is 2.30. The molecule has 28 heavy (non-hydrogen) atoms. The summed E-state index contributed by atoms with van der Waals surface area (Å²) in [5.74, 6) is 1.50. The number of likely N-dealkylation sites (tertiary alicyclic amines) is 1. The maximum atomic E-state index is 12.6. The van der Waals surface area contributed by atoms with E-state index >= 15 is 0 Å². The van der Waals surface area contributed by atoms with Gasteiger partial charge in [0.25, 0.3) is 5.56 Å². The fraction of sp³-hybridized carbons (Fsp3) is 0.381. The Hall–Kier alpha value is -2.51.